The van der Waals surface area contributed by atoms with Crippen LogP contribution in [0.5, 0.6) is 5.75 Å². The van der Waals surface area contributed by atoms with Crippen molar-refractivity contribution in [3.05, 3.63) is 30.1 Å². The second-order valence-electron chi connectivity index (χ2n) is 5.85. The van der Waals surface area contributed by atoms with Crippen LogP contribution in [-0.2, 0) is 14.8 Å². The van der Waals surface area contributed by atoms with Crippen molar-refractivity contribution < 1.29 is 27.4 Å². The van der Waals surface area contributed by atoms with Gasteiger partial charge in [0.15, 0.2) is 0 Å². The summed E-state index contributed by atoms with van der Waals surface area (Å²) in [6.45, 7) is 4.33. The first kappa shape index (κ1) is 22.3. The molecule has 0 aliphatic carbocycles. The smallest absolute Gasteiger partial charge is 0.290 e. The number of ether oxygens (including phenoxy) is 1. The Morgan fingerprint density at radius 1 is 1.35 bits per heavy atom. The number of nitrogens with one attached hydrogen (secondary N) is 1. The van der Waals surface area contributed by atoms with Gasteiger partial charge in [0.2, 0.25) is 10.0 Å². The summed E-state index contributed by atoms with van der Waals surface area (Å²) in [5.41, 5.74) is 0. The zero-order valence-corrected chi connectivity index (χ0v) is 15.8. The van der Waals surface area contributed by atoms with Gasteiger partial charge in [-0.05, 0) is 50.2 Å². The van der Waals surface area contributed by atoms with E-state index in [0.29, 0.717) is 12.3 Å². The highest BCUT2D eigenvalue weighted by Gasteiger charge is 2.22. The van der Waals surface area contributed by atoms with E-state index >= 15 is 0 Å². The van der Waals surface area contributed by atoms with Gasteiger partial charge in [-0.3, -0.25) is 9.69 Å². The zero-order chi connectivity index (χ0) is 19.4. The van der Waals surface area contributed by atoms with Crippen LogP contribution in [-0.4, -0.2) is 62.9 Å². The minimum atomic E-state index is -3.37. The standard InChI is InChI=1S/C16H25FN2O3S.CH2O2/c1-2-19-10-4-3-5-15(19)13-18-23(20,21)12-11-22-16-8-6-14(17)7-9-16;2-1-3/h6-9,15,18H,2-5,10-13H2,1H3;1H,(H,2,3). The van der Waals surface area contributed by atoms with Crippen LogP contribution in [0.2, 0.25) is 0 Å². The number of hydrogen-bond acceptors (Lipinski definition) is 5. The highest BCUT2D eigenvalue weighted by Crippen LogP contribution is 2.16. The van der Waals surface area contributed by atoms with Gasteiger partial charge in [0.1, 0.15) is 18.2 Å². The van der Waals surface area contributed by atoms with Crippen molar-refractivity contribution in [1.29, 1.82) is 0 Å². The number of nitrogens with zero attached hydrogens (tertiary/aromatic N) is 1. The van der Waals surface area contributed by atoms with Crippen molar-refractivity contribution in [3.8, 4) is 5.75 Å². The molecule has 1 aliphatic heterocycles. The van der Waals surface area contributed by atoms with E-state index < -0.39 is 10.0 Å². The lowest BCUT2D eigenvalue weighted by Crippen LogP contribution is -2.47. The number of rotatable bonds is 8. The molecule has 7 nitrogen and oxygen atoms in total. The molecule has 1 heterocycles. The molecule has 148 valence electrons. The van der Waals surface area contributed by atoms with E-state index in [2.05, 4.69) is 16.5 Å². The Kier molecular flexibility index (Phi) is 10.2. The molecule has 1 unspecified atom stereocenters. The van der Waals surface area contributed by atoms with E-state index in [0.717, 1.165) is 25.9 Å². The molecule has 0 radical (unpaired) electrons. The number of hydrogen-bond donors (Lipinski definition) is 2. The Balaban J connectivity index is 0.00000105. The second-order valence-corrected chi connectivity index (χ2v) is 7.78. The lowest BCUT2D eigenvalue weighted by atomic mass is 10.0. The molecule has 0 aromatic heterocycles. The number of halogens is 1. The molecule has 1 atom stereocenters. The molecule has 0 amide bonds. The fraction of sp³-hybridized carbons (Fsp3) is 0.588. The van der Waals surface area contributed by atoms with Gasteiger partial charge >= 0.3 is 0 Å². The van der Waals surface area contributed by atoms with Crippen LogP contribution in [0.25, 0.3) is 0 Å². The molecule has 1 aliphatic rings. The van der Waals surface area contributed by atoms with Crippen molar-refractivity contribution in [2.24, 2.45) is 0 Å². The highest BCUT2D eigenvalue weighted by atomic mass is 32.2. The molecule has 2 N–H and O–H groups in total. The van der Waals surface area contributed by atoms with E-state index in [1.807, 2.05) is 0 Å². The third-order valence-electron chi connectivity index (χ3n) is 4.13. The number of piperidine rings is 1. The maximum atomic E-state index is 12.8. The summed E-state index contributed by atoms with van der Waals surface area (Å²) in [6.07, 6.45) is 3.36. The average molecular weight is 390 g/mol. The van der Waals surface area contributed by atoms with Gasteiger partial charge in [-0.2, -0.15) is 0 Å². The first-order valence-corrected chi connectivity index (χ1v) is 10.2. The fourth-order valence-electron chi connectivity index (χ4n) is 2.80. The second kappa shape index (κ2) is 11.8. The van der Waals surface area contributed by atoms with Gasteiger partial charge in [-0.25, -0.2) is 17.5 Å². The molecule has 1 fully saturated rings. The molecule has 0 spiro atoms. The predicted molar refractivity (Wildman–Crippen MR) is 97.3 cm³/mol. The maximum absolute atomic E-state index is 12.8. The van der Waals surface area contributed by atoms with E-state index in [4.69, 9.17) is 14.6 Å². The molecular formula is C17H27FN2O5S. The Bertz CT molecular complexity index is 625. The van der Waals surface area contributed by atoms with E-state index in [1.54, 1.807) is 0 Å². The van der Waals surface area contributed by atoms with E-state index in [-0.39, 0.29) is 30.7 Å². The summed E-state index contributed by atoms with van der Waals surface area (Å²) in [7, 11) is -3.37. The molecule has 0 bridgehead atoms. The molecule has 9 heteroatoms. The molecular weight excluding hydrogens is 363 g/mol. The molecule has 1 aromatic carbocycles. The maximum Gasteiger partial charge on any atom is 0.290 e. The largest absolute Gasteiger partial charge is 0.492 e. The Morgan fingerprint density at radius 2 is 2.00 bits per heavy atom. The summed E-state index contributed by atoms with van der Waals surface area (Å²) in [6, 6.07) is 5.81. The number of likely N-dealkylation sites (N-methyl/N-ethyl adjacent to an activating group) is 1. The Labute approximate surface area is 154 Å². The summed E-state index contributed by atoms with van der Waals surface area (Å²) < 4.78 is 44.9. The van der Waals surface area contributed by atoms with Crippen molar-refractivity contribution in [2.45, 2.75) is 32.2 Å². The third-order valence-corrected chi connectivity index (χ3v) is 5.44. The highest BCUT2D eigenvalue weighted by molar-refractivity contribution is 7.89. The van der Waals surface area contributed by atoms with Crippen LogP contribution < -0.4 is 9.46 Å². The number of carbonyl (C=O) groups is 1. The summed E-state index contributed by atoms with van der Waals surface area (Å²) >= 11 is 0. The van der Waals surface area contributed by atoms with E-state index in [1.165, 1.54) is 30.7 Å². The zero-order valence-electron chi connectivity index (χ0n) is 14.9. The number of sulfonamides is 1. The van der Waals surface area contributed by atoms with Crippen LogP contribution in [0.15, 0.2) is 24.3 Å². The summed E-state index contributed by atoms with van der Waals surface area (Å²) in [4.78, 5) is 10.7. The first-order chi connectivity index (χ1) is 12.4. The SMILES string of the molecule is CCN1CCCCC1CNS(=O)(=O)CCOc1ccc(F)cc1.O=CO. The number of likely N-dealkylation sites (tertiary alicyclic amines) is 1. The van der Waals surface area contributed by atoms with E-state index in [9.17, 15) is 12.8 Å². The van der Waals surface area contributed by atoms with Crippen molar-refractivity contribution >= 4 is 16.5 Å². The minimum Gasteiger partial charge on any atom is -0.492 e. The van der Waals surface area contributed by atoms with Gasteiger partial charge in [0, 0.05) is 12.6 Å². The minimum absolute atomic E-state index is 0.0448. The van der Waals surface area contributed by atoms with Crippen LogP contribution in [0, 0.1) is 5.82 Å². The summed E-state index contributed by atoms with van der Waals surface area (Å²) in [5.74, 6) is 0.00842. The third kappa shape index (κ3) is 8.59. The van der Waals surface area contributed by atoms with Crippen LogP contribution in [0.3, 0.4) is 0 Å². The lowest BCUT2D eigenvalue weighted by Gasteiger charge is -2.34. The van der Waals surface area contributed by atoms with Gasteiger partial charge in [-0.1, -0.05) is 13.3 Å². The molecule has 26 heavy (non-hydrogen) atoms. The quantitative estimate of drug-likeness (QED) is 0.656. The average Bonchev–Trinajstić information content (AvgIpc) is 2.62. The molecule has 1 saturated heterocycles. The Hall–Kier alpha value is -1.71. The lowest BCUT2D eigenvalue weighted by molar-refractivity contribution is -0.122. The van der Waals surface area contributed by atoms with Crippen molar-refractivity contribution in [2.75, 3.05) is 32.0 Å². The van der Waals surface area contributed by atoms with Gasteiger partial charge in [-0.15, -0.1) is 0 Å². The first-order valence-electron chi connectivity index (χ1n) is 8.59. The van der Waals surface area contributed by atoms with Crippen molar-refractivity contribution in [1.82, 2.24) is 9.62 Å². The summed E-state index contributed by atoms with van der Waals surface area (Å²) in [5, 5.41) is 6.89. The van der Waals surface area contributed by atoms with Gasteiger partial charge < -0.3 is 9.84 Å². The van der Waals surface area contributed by atoms with Crippen LogP contribution in [0.4, 0.5) is 4.39 Å². The molecule has 2 rings (SSSR count). The topological polar surface area (TPSA) is 95.9 Å². The normalized spacial score (nSPS) is 17.8. The van der Waals surface area contributed by atoms with Gasteiger partial charge in [0.05, 0.1) is 5.75 Å². The Morgan fingerprint density at radius 3 is 2.62 bits per heavy atom. The van der Waals surface area contributed by atoms with Gasteiger partial charge in [0.25, 0.3) is 6.47 Å². The molecule has 1 aromatic rings. The number of carboxylic acid groups (broad SMARTS) is 1. The fourth-order valence-corrected chi connectivity index (χ4v) is 3.70. The monoisotopic (exact) mass is 390 g/mol. The van der Waals surface area contributed by atoms with Crippen LogP contribution >= 0.6 is 0 Å². The van der Waals surface area contributed by atoms with Crippen molar-refractivity contribution in [3.63, 3.8) is 0 Å². The predicted octanol–water partition coefficient (Wildman–Crippen LogP) is 1.70. The van der Waals surface area contributed by atoms with Crippen LogP contribution in [0.1, 0.15) is 26.2 Å². The molecule has 0 saturated carbocycles. The number of benzene rings is 1.